The Balaban J connectivity index is 2.08. The number of thiophene rings is 1. The SMILES string of the molecule is Cc1ccc(CNC(=O)c2c(N)cccc2Cl)s1. The summed E-state index contributed by atoms with van der Waals surface area (Å²) < 4.78 is 0. The fourth-order valence-electron chi connectivity index (χ4n) is 1.62. The summed E-state index contributed by atoms with van der Waals surface area (Å²) in [7, 11) is 0. The highest BCUT2D eigenvalue weighted by atomic mass is 35.5. The van der Waals surface area contributed by atoms with Gasteiger partial charge >= 0.3 is 0 Å². The molecule has 1 amide bonds. The second-order valence-corrected chi connectivity index (χ2v) is 5.68. The van der Waals surface area contributed by atoms with Crippen LogP contribution in [-0.4, -0.2) is 5.91 Å². The lowest BCUT2D eigenvalue weighted by atomic mass is 10.1. The Bertz CT molecular complexity index is 560. The molecule has 3 N–H and O–H groups in total. The summed E-state index contributed by atoms with van der Waals surface area (Å²) in [5.74, 6) is -0.246. The van der Waals surface area contributed by atoms with Crippen molar-refractivity contribution in [2.24, 2.45) is 0 Å². The van der Waals surface area contributed by atoms with Gasteiger partial charge in [0.2, 0.25) is 0 Å². The van der Waals surface area contributed by atoms with Crippen molar-refractivity contribution in [1.29, 1.82) is 0 Å². The van der Waals surface area contributed by atoms with Gasteiger partial charge in [0.1, 0.15) is 0 Å². The summed E-state index contributed by atoms with van der Waals surface area (Å²) in [6.07, 6.45) is 0. The van der Waals surface area contributed by atoms with E-state index in [2.05, 4.69) is 5.32 Å². The van der Waals surface area contributed by atoms with Gasteiger partial charge in [0.25, 0.3) is 5.91 Å². The van der Waals surface area contributed by atoms with Crippen LogP contribution in [0.2, 0.25) is 5.02 Å². The number of hydrogen-bond donors (Lipinski definition) is 2. The van der Waals surface area contributed by atoms with Gasteiger partial charge in [-0.05, 0) is 31.2 Å². The minimum Gasteiger partial charge on any atom is -0.398 e. The zero-order chi connectivity index (χ0) is 13.1. The van der Waals surface area contributed by atoms with Crippen LogP contribution in [0.5, 0.6) is 0 Å². The number of rotatable bonds is 3. The summed E-state index contributed by atoms with van der Waals surface area (Å²) in [6.45, 7) is 2.52. The molecule has 0 aliphatic heterocycles. The molecule has 1 aromatic heterocycles. The highest BCUT2D eigenvalue weighted by Crippen LogP contribution is 2.22. The van der Waals surface area contributed by atoms with E-state index in [4.69, 9.17) is 17.3 Å². The number of anilines is 1. The molecule has 0 spiro atoms. The molecule has 0 saturated carbocycles. The molecule has 1 heterocycles. The minimum absolute atomic E-state index is 0.246. The molecule has 1 aromatic carbocycles. The van der Waals surface area contributed by atoms with Crippen molar-refractivity contribution in [2.75, 3.05) is 5.73 Å². The molecule has 5 heteroatoms. The lowest BCUT2D eigenvalue weighted by Crippen LogP contribution is -2.23. The van der Waals surface area contributed by atoms with E-state index >= 15 is 0 Å². The molecule has 18 heavy (non-hydrogen) atoms. The first-order valence-corrected chi connectivity index (χ1v) is 6.65. The fourth-order valence-corrected chi connectivity index (χ4v) is 2.71. The van der Waals surface area contributed by atoms with Crippen LogP contribution in [0.3, 0.4) is 0 Å². The van der Waals surface area contributed by atoms with Gasteiger partial charge in [0.05, 0.1) is 17.1 Å². The average molecular weight is 281 g/mol. The highest BCUT2D eigenvalue weighted by Gasteiger charge is 2.13. The molecule has 2 rings (SSSR count). The van der Waals surface area contributed by atoms with Crippen LogP contribution in [0, 0.1) is 6.92 Å². The molecule has 0 atom stereocenters. The van der Waals surface area contributed by atoms with E-state index < -0.39 is 0 Å². The Labute approximate surface area is 115 Å². The average Bonchev–Trinajstić information content (AvgIpc) is 2.72. The van der Waals surface area contributed by atoms with Gasteiger partial charge in [0.15, 0.2) is 0 Å². The van der Waals surface area contributed by atoms with Gasteiger partial charge in [-0.25, -0.2) is 0 Å². The number of carbonyl (C=O) groups excluding carboxylic acids is 1. The molecule has 0 aliphatic rings. The van der Waals surface area contributed by atoms with E-state index in [-0.39, 0.29) is 5.91 Å². The normalized spacial score (nSPS) is 10.3. The van der Waals surface area contributed by atoms with Crippen LogP contribution >= 0.6 is 22.9 Å². The zero-order valence-corrected chi connectivity index (χ0v) is 11.4. The summed E-state index contributed by atoms with van der Waals surface area (Å²) in [5, 5.41) is 3.19. The number of hydrogen-bond acceptors (Lipinski definition) is 3. The summed E-state index contributed by atoms with van der Waals surface area (Å²) in [4.78, 5) is 14.3. The number of nitrogens with one attached hydrogen (secondary N) is 1. The molecule has 0 aliphatic carbocycles. The smallest absolute Gasteiger partial charge is 0.255 e. The molecular weight excluding hydrogens is 268 g/mol. The Morgan fingerprint density at radius 2 is 2.17 bits per heavy atom. The number of aryl methyl sites for hydroxylation is 1. The maximum atomic E-state index is 12.0. The molecule has 3 nitrogen and oxygen atoms in total. The molecule has 0 fully saturated rings. The monoisotopic (exact) mass is 280 g/mol. The van der Waals surface area contributed by atoms with Gasteiger partial charge in [-0.15, -0.1) is 11.3 Å². The number of amides is 1. The summed E-state index contributed by atoms with van der Waals surface area (Å²) in [6, 6.07) is 9.06. The van der Waals surface area contributed by atoms with Crippen molar-refractivity contribution in [1.82, 2.24) is 5.32 Å². The third-order valence-electron chi connectivity index (χ3n) is 2.49. The molecule has 2 aromatic rings. The Morgan fingerprint density at radius 3 is 2.78 bits per heavy atom. The van der Waals surface area contributed by atoms with Crippen LogP contribution in [0.4, 0.5) is 5.69 Å². The van der Waals surface area contributed by atoms with Crippen LogP contribution < -0.4 is 11.1 Å². The standard InChI is InChI=1S/C13H13ClN2OS/c1-8-5-6-9(18-8)7-16-13(17)12-10(14)3-2-4-11(12)15/h2-6H,7,15H2,1H3,(H,16,17). The second-order valence-electron chi connectivity index (χ2n) is 3.90. The van der Waals surface area contributed by atoms with Crippen molar-refractivity contribution in [3.8, 4) is 0 Å². The summed E-state index contributed by atoms with van der Waals surface area (Å²) >= 11 is 7.63. The number of nitrogens with two attached hydrogens (primary N) is 1. The topological polar surface area (TPSA) is 55.1 Å². The van der Waals surface area contributed by atoms with Crippen molar-refractivity contribution in [2.45, 2.75) is 13.5 Å². The van der Waals surface area contributed by atoms with Crippen LogP contribution in [0.25, 0.3) is 0 Å². The molecule has 0 unspecified atom stereocenters. The van der Waals surface area contributed by atoms with E-state index in [1.807, 2.05) is 19.1 Å². The molecule has 94 valence electrons. The van der Waals surface area contributed by atoms with Gasteiger partial charge in [0, 0.05) is 15.4 Å². The first-order chi connectivity index (χ1) is 8.58. The summed E-state index contributed by atoms with van der Waals surface area (Å²) in [5.41, 5.74) is 6.48. The van der Waals surface area contributed by atoms with E-state index in [1.54, 1.807) is 29.5 Å². The quantitative estimate of drug-likeness (QED) is 0.848. The van der Waals surface area contributed by atoms with Gasteiger partial charge in [-0.1, -0.05) is 17.7 Å². The van der Waals surface area contributed by atoms with Crippen molar-refractivity contribution in [3.05, 3.63) is 50.7 Å². The number of benzene rings is 1. The Morgan fingerprint density at radius 1 is 1.39 bits per heavy atom. The number of nitrogen functional groups attached to an aromatic ring is 1. The van der Waals surface area contributed by atoms with E-state index in [0.717, 1.165) is 4.88 Å². The lowest BCUT2D eigenvalue weighted by molar-refractivity contribution is 0.0952. The Kier molecular flexibility index (Phi) is 3.89. The second kappa shape index (κ2) is 5.42. The van der Waals surface area contributed by atoms with Gasteiger partial charge in [-0.3, -0.25) is 4.79 Å². The largest absolute Gasteiger partial charge is 0.398 e. The zero-order valence-electron chi connectivity index (χ0n) is 9.87. The van der Waals surface area contributed by atoms with Crippen LogP contribution in [-0.2, 0) is 6.54 Å². The van der Waals surface area contributed by atoms with E-state index in [0.29, 0.717) is 22.8 Å². The van der Waals surface area contributed by atoms with Crippen LogP contribution in [0.15, 0.2) is 30.3 Å². The van der Waals surface area contributed by atoms with Gasteiger partial charge in [-0.2, -0.15) is 0 Å². The fraction of sp³-hybridized carbons (Fsp3) is 0.154. The predicted octanol–water partition coefficient (Wildman–Crippen LogP) is 3.22. The maximum absolute atomic E-state index is 12.0. The van der Waals surface area contributed by atoms with Crippen molar-refractivity contribution >= 4 is 34.5 Å². The minimum atomic E-state index is -0.246. The number of carbonyl (C=O) groups is 1. The van der Waals surface area contributed by atoms with Crippen LogP contribution in [0.1, 0.15) is 20.1 Å². The number of halogens is 1. The molecular formula is C13H13ClN2OS. The Hall–Kier alpha value is -1.52. The molecule has 0 bridgehead atoms. The lowest BCUT2D eigenvalue weighted by Gasteiger charge is -2.08. The van der Waals surface area contributed by atoms with E-state index in [9.17, 15) is 4.79 Å². The highest BCUT2D eigenvalue weighted by molar-refractivity contribution is 7.11. The molecule has 0 radical (unpaired) electrons. The third-order valence-corrected chi connectivity index (χ3v) is 3.81. The van der Waals surface area contributed by atoms with Gasteiger partial charge < -0.3 is 11.1 Å². The first-order valence-electron chi connectivity index (χ1n) is 5.45. The predicted molar refractivity (Wildman–Crippen MR) is 76.1 cm³/mol. The molecule has 0 saturated heterocycles. The van der Waals surface area contributed by atoms with Crippen molar-refractivity contribution < 1.29 is 4.79 Å². The van der Waals surface area contributed by atoms with E-state index in [1.165, 1.54) is 4.88 Å². The first kappa shape index (κ1) is 12.9. The third kappa shape index (κ3) is 2.83. The maximum Gasteiger partial charge on any atom is 0.255 e. The van der Waals surface area contributed by atoms with Crippen molar-refractivity contribution in [3.63, 3.8) is 0 Å².